The van der Waals surface area contributed by atoms with Crippen LogP contribution in [0, 0.1) is 0 Å². The molecule has 0 aliphatic rings. The van der Waals surface area contributed by atoms with Gasteiger partial charge in [0.25, 0.3) is 0 Å². The predicted molar refractivity (Wildman–Crippen MR) is 71.6 cm³/mol. The number of ether oxygens (including phenoxy) is 1. The molecule has 1 unspecified atom stereocenters. The number of hydrogen-bond donors (Lipinski definition) is 1. The van der Waals surface area contributed by atoms with E-state index >= 15 is 0 Å². The fourth-order valence-electron chi connectivity index (χ4n) is 1.28. The Bertz CT molecular complexity index is 485. The number of hydrogen-bond acceptors (Lipinski definition) is 3. The van der Waals surface area contributed by atoms with Crippen molar-refractivity contribution in [3.05, 3.63) is 28.8 Å². The third-order valence-corrected chi connectivity index (χ3v) is 4.73. The van der Waals surface area contributed by atoms with Gasteiger partial charge in [-0.2, -0.15) is 0 Å². The van der Waals surface area contributed by atoms with Gasteiger partial charge in [0, 0.05) is 21.4 Å². The predicted octanol–water partition coefficient (Wildman–Crippen LogP) is 2.46. The number of aliphatic carboxylic acids is 1. The molecular weight excluding hydrogens is 276 g/mol. The second-order valence-corrected chi connectivity index (χ2v) is 6.70. The van der Waals surface area contributed by atoms with Crippen LogP contribution in [0.2, 0.25) is 5.02 Å². The van der Waals surface area contributed by atoms with Crippen LogP contribution in [0.3, 0.4) is 0 Å². The van der Waals surface area contributed by atoms with E-state index in [-0.39, 0.29) is 5.75 Å². The first-order chi connectivity index (χ1) is 8.28. The molecule has 1 aromatic rings. The molecule has 0 saturated heterocycles. The van der Waals surface area contributed by atoms with E-state index in [0.29, 0.717) is 16.3 Å². The summed E-state index contributed by atoms with van der Waals surface area (Å²) < 4.78 is 15.9. The molecule has 1 rings (SSSR count). The van der Waals surface area contributed by atoms with Crippen LogP contribution in [0.15, 0.2) is 18.2 Å². The van der Waals surface area contributed by atoms with E-state index in [9.17, 15) is 9.00 Å². The number of rotatable bonds is 5. The van der Waals surface area contributed by atoms with Crippen molar-refractivity contribution in [2.24, 2.45) is 0 Å². The molecule has 1 atom stereocenters. The van der Waals surface area contributed by atoms with Crippen molar-refractivity contribution >= 4 is 28.4 Å². The van der Waals surface area contributed by atoms with Gasteiger partial charge in [0.2, 0.25) is 0 Å². The minimum atomic E-state index is -1.57. The Morgan fingerprint density at radius 3 is 2.61 bits per heavy atom. The van der Waals surface area contributed by atoms with Gasteiger partial charge in [0.15, 0.2) is 0 Å². The van der Waals surface area contributed by atoms with Crippen LogP contribution in [0.5, 0.6) is 5.75 Å². The third kappa shape index (κ3) is 3.23. The SMILES string of the molecule is COc1ccc(Cl)cc1CS(=O)C(C)(C)C(=O)O. The number of halogens is 1. The molecule has 1 aromatic carbocycles. The minimum Gasteiger partial charge on any atom is -0.496 e. The maximum absolute atomic E-state index is 12.1. The van der Waals surface area contributed by atoms with Crippen LogP contribution >= 0.6 is 11.6 Å². The highest BCUT2D eigenvalue weighted by Crippen LogP contribution is 2.26. The van der Waals surface area contributed by atoms with E-state index in [1.54, 1.807) is 18.2 Å². The molecule has 0 spiro atoms. The Morgan fingerprint density at radius 2 is 2.11 bits per heavy atom. The molecule has 4 nitrogen and oxygen atoms in total. The van der Waals surface area contributed by atoms with Crippen LogP contribution in [0.1, 0.15) is 19.4 Å². The maximum atomic E-state index is 12.1. The summed E-state index contributed by atoms with van der Waals surface area (Å²) in [4.78, 5) is 11.0. The molecule has 18 heavy (non-hydrogen) atoms. The van der Waals surface area contributed by atoms with Gasteiger partial charge in [-0.05, 0) is 32.0 Å². The van der Waals surface area contributed by atoms with Crippen LogP contribution < -0.4 is 4.74 Å². The number of benzene rings is 1. The van der Waals surface area contributed by atoms with Crippen LogP contribution in [0.4, 0.5) is 0 Å². The molecule has 0 aliphatic heterocycles. The molecule has 0 saturated carbocycles. The molecule has 0 bridgehead atoms. The molecule has 0 radical (unpaired) electrons. The molecule has 1 N–H and O–H groups in total. The van der Waals surface area contributed by atoms with E-state index in [0.717, 1.165) is 0 Å². The molecule has 0 aromatic heterocycles. The molecule has 0 aliphatic carbocycles. The summed E-state index contributed by atoms with van der Waals surface area (Å²) in [5.41, 5.74) is 0.637. The van der Waals surface area contributed by atoms with Crippen molar-refractivity contribution in [1.82, 2.24) is 0 Å². The highest BCUT2D eigenvalue weighted by molar-refractivity contribution is 7.86. The minimum absolute atomic E-state index is 0.0863. The van der Waals surface area contributed by atoms with Crippen molar-refractivity contribution in [3.63, 3.8) is 0 Å². The van der Waals surface area contributed by atoms with Crippen molar-refractivity contribution in [1.29, 1.82) is 0 Å². The first-order valence-corrected chi connectivity index (χ1v) is 6.93. The zero-order valence-corrected chi connectivity index (χ0v) is 12.0. The first-order valence-electron chi connectivity index (χ1n) is 5.23. The van der Waals surface area contributed by atoms with Gasteiger partial charge >= 0.3 is 5.97 Å². The quantitative estimate of drug-likeness (QED) is 0.905. The van der Waals surface area contributed by atoms with E-state index < -0.39 is 21.5 Å². The van der Waals surface area contributed by atoms with Crippen LogP contribution in [-0.2, 0) is 21.3 Å². The van der Waals surface area contributed by atoms with Gasteiger partial charge < -0.3 is 9.84 Å². The zero-order chi connectivity index (χ0) is 13.9. The lowest BCUT2D eigenvalue weighted by Gasteiger charge is -2.19. The average Bonchev–Trinajstić information content (AvgIpc) is 2.29. The number of carboxylic acids is 1. The first kappa shape index (κ1) is 15.0. The fourth-order valence-corrected chi connectivity index (χ4v) is 2.54. The van der Waals surface area contributed by atoms with E-state index in [1.165, 1.54) is 21.0 Å². The van der Waals surface area contributed by atoms with Crippen LogP contribution in [-0.4, -0.2) is 27.1 Å². The molecular formula is C12H15ClO4S. The third-order valence-electron chi connectivity index (χ3n) is 2.61. The molecule has 0 heterocycles. The van der Waals surface area contributed by atoms with Gasteiger partial charge in [-0.25, -0.2) is 0 Å². The van der Waals surface area contributed by atoms with Crippen molar-refractivity contribution in [2.75, 3.05) is 7.11 Å². The smallest absolute Gasteiger partial charge is 0.321 e. The van der Waals surface area contributed by atoms with Crippen molar-refractivity contribution in [2.45, 2.75) is 24.3 Å². The summed E-state index contributed by atoms with van der Waals surface area (Å²) in [6.07, 6.45) is 0. The second-order valence-electron chi connectivity index (χ2n) is 4.26. The Labute approximate surface area is 113 Å². The van der Waals surface area contributed by atoms with Gasteiger partial charge in [-0.15, -0.1) is 0 Å². The lowest BCUT2D eigenvalue weighted by atomic mass is 10.2. The number of methoxy groups -OCH3 is 1. The average molecular weight is 291 g/mol. The Hall–Kier alpha value is -1.07. The summed E-state index contributed by atoms with van der Waals surface area (Å²) in [5.74, 6) is -0.459. The summed E-state index contributed by atoms with van der Waals surface area (Å²) in [6, 6.07) is 4.97. The summed E-state index contributed by atoms with van der Waals surface area (Å²) >= 11 is 5.86. The Kier molecular flexibility index (Phi) is 4.76. The largest absolute Gasteiger partial charge is 0.496 e. The van der Waals surface area contributed by atoms with Gasteiger partial charge in [0.05, 0.1) is 12.9 Å². The molecule has 0 amide bonds. The van der Waals surface area contributed by atoms with Crippen molar-refractivity contribution < 1.29 is 18.8 Å². The Morgan fingerprint density at radius 1 is 1.50 bits per heavy atom. The second kappa shape index (κ2) is 5.71. The van der Waals surface area contributed by atoms with Crippen LogP contribution in [0.25, 0.3) is 0 Å². The molecule has 100 valence electrons. The highest BCUT2D eigenvalue weighted by Gasteiger charge is 2.34. The summed E-state index contributed by atoms with van der Waals surface area (Å²) in [7, 11) is -0.0718. The lowest BCUT2D eigenvalue weighted by Crippen LogP contribution is -2.37. The van der Waals surface area contributed by atoms with Gasteiger partial charge in [0.1, 0.15) is 10.5 Å². The number of carbonyl (C=O) groups is 1. The fraction of sp³-hybridized carbons (Fsp3) is 0.417. The normalized spacial score (nSPS) is 13.1. The van der Waals surface area contributed by atoms with Crippen molar-refractivity contribution in [3.8, 4) is 5.75 Å². The lowest BCUT2D eigenvalue weighted by molar-refractivity contribution is -0.139. The zero-order valence-electron chi connectivity index (χ0n) is 10.4. The molecule has 0 fully saturated rings. The monoisotopic (exact) mass is 290 g/mol. The van der Waals surface area contributed by atoms with E-state index in [4.69, 9.17) is 21.4 Å². The Balaban J connectivity index is 3.01. The van der Waals surface area contributed by atoms with E-state index in [2.05, 4.69) is 0 Å². The summed E-state index contributed by atoms with van der Waals surface area (Å²) in [5, 5.41) is 9.52. The number of carboxylic acid groups (broad SMARTS) is 1. The summed E-state index contributed by atoms with van der Waals surface area (Å²) in [6.45, 7) is 2.87. The standard InChI is InChI=1S/C12H15ClO4S/c1-12(2,11(14)15)18(16)7-8-6-9(13)4-5-10(8)17-3/h4-6H,7H2,1-3H3,(H,14,15). The van der Waals surface area contributed by atoms with Gasteiger partial charge in [-0.1, -0.05) is 11.6 Å². The van der Waals surface area contributed by atoms with Gasteiger partial charge in [-0.3, -0.25) is 9.00 Å². The maximum Gasteiger partial charge on any atom is 0.321 e. The molecule has 6 heteroatoms. The van der Waals surface area contributed by atoms with E-state index in [1.807, 2.05) is 0 Å². The highest BCUT2D eigenvalue weighted by atomic mass is 35.5. The topological polar surface area (TPSA) is 63.6 Å².